The van der Waals surface area contributed by atoms with Gasteiger partial charge in [0, 0.05) is 12.6 Å². The predicted molar refractivity (Wildman–Crippen MR) is 139 cm³/mol. The number of halogens is 1. The molecule has 0 atom stereocenters. The Morgan fingerprint density at radius 1 is 0.972 bits per heavy atom. The Labute approximate surface area is 212 Å². The van der Waals surface area contributed by atoms with Crippen LogP contribution in [0, 0.1) is 5.82 Å². The molecule has 0 radical (unpaired) electrons. The second kappa shape index (κ2) is 12.9. The van der Waals surface area contributed by atoms with Gasteiger partial charge in [0.25, 0.3) is 0 Å². The van der Waals surface area contributed by atoms with E-state index in [2.05, 4.69) is 17.1 Å². The van der Waals surface area contributed by atoms with Crippen LogP contribution in [-0.4, -0.2) is 68.5 Å². The fourth-order valence-corrected chi connectivity index (χ4v) is 6.33. The molecule has 0 spiro atoms. The van der Waals surface area contributed by atoms with E-state index >= 15 is 0 Å². The maximum absolute atomic E-state index is 14.5. The number of carboxylic acid groups (broad SMARTS) is 2. The SMILES string of the molecule is CCCCN1CCC(NCCCN2c3ccccc3N(c3ccccc3F)S2(=O)=O)CC1.O=C(O)O. The van der Waals surface area contributed by atoms with E-state index in [1.807, 2.05) is 6.07 Å². The number of carbonyl (C=O) groups is 1. The molecule has 0 amide bonds. The molecule has 2 aliphatic heterocycles. The summed E-state index contributed by atoms with van der Waals surface area (Å²) in [5.74, 6) is -0.556. The van der Waals surface area contributed by atoms with Crippen molar-refractivity contribution in [3.8, 4) is 0 Å². The number of fused-ring (bicyclic) bond motifs is 1. The zero-order valence-corrected chi connectivity index (χ0v) is 21.3. The van der Waals surface area contributed by atoms with Crippen LogP contribution in [0.3, 0.4) is 0 Å². The van der Waals surface area contributed by atoms with Gasteiger partial charge in [-0.25, -0.2) is 13.5 Å². The quantitative estimate of drug-likeness (QED) is 0.416. The topological polar surface area (TPSA) is 113 Å². The average Bonchev–Trinajstić information content (AvgIpc) is 3.07. The molecule has 2 aromatic carbocycles. The second-order valence-corrected chi connectivity index (χ2v) is 10.5. The summed E-state index contributed by atoms with van der Waals surface area (Å²) in [6, 6.07) is 13.6. The minimum Gasteiger partial charge on any atom is -0.450 e. The lowest BCUT2D eigenvalue weighted by molar-refractivity contribution is 0.137. The normalized spacial score (nSPS) is 17.4. The first-order valence-corrected chi connectivity index (χ1v) is 13.7. The Morgan fingerprint density at radius 2 is 1.56 bits per heavy atom. The third-order valence-corrected chi connectivity index (χ3v) is 8.13. The molecule has 0 saturated carbocycles. The van der Waals surface area contributed by atoms with Gasteiger partial charge in [0.15, 0.2) is 0 Å². The third-order valence-electron chi connectivity index (χ3n) is 6.34. The summed E-state index contributed by atoms with van der Waals surface area (Å²) in [7, 11) is -3.89. The van der Waals surface area contributed by atoms with Crippen LogP contribution in [0.4, 0.5) is 26.2 Å². The largest absolute Gasteiger partial charge is 0.503 e. The number of hydrogen-bond acceptors (Lipinski definition) is 5. The van der Waals surface area contributed by atoms with Crippen LogP contribution >= 0.6 is 0 Å². The molecule has 3 N–H and O–H groups in total. The smallest absolute Gasteiger partial charge is 0.450 e. The van der Waals surface area contributed by atoms with Gasteiger partial charge in [-0.05, 0) is 76.1 Å². The van der Waals surface area contributed by atoms with Gasteiger partial charge in [-0.15, -0.1) is 0 Å². The molecule has 2 aromatic rings. The standard InChI is InChI=1S/C24H33FN4O2S.CH2O3/c1-2-3-16-27-18-13-20(14-19-27)26-15-8-17-28-23-11-6-7-12-24(23)29(32(28,30)31)22-10-5-4-9-21(22)25;2-1(3)4/h4-7,9-12,20,26H,2-3,8,13-19H2,1H3;(H2,2,3,4). The van der Waals surface area contributed by atoms with Gasteiger partial charge in [0.2, 0.25) is 0 Å². The highest BCUT2D eigenvalue weighted by Crippen LogP contribution is 2.45. The van der Waals surface area contributed by atoms with Crippen molar-refractivity contribution in [3.63, 3.8) is 0 Å². The molecule has 9 nitrogen and oxygen atoms in total. The lowest BCUT2D eigenvalue weighted by atomic mass is 10.0. The van der Waals surface area contributed by atoms with Crippen molar-refractivity contribution < 1.29 is 27.8 Å². The zero-order valence-electron chi connectivity index (χ0n) is 20.5. The number of hydrogen-bond donors (Lipinski definition) is 3. The van der Waals surface area contributed by atoms with Crippen molar-refractivity contribution in [1.29, 1.82) is 0 Å². The Bertz CT molecular complexity index is 1110. The van der Waals surface area contributed by atoms with E-state index in [0.29, 0.717) is 30.4 Å². The lowest BCUT2D eigenvalue weighted by Gasteiger charge is -2.32. The van der Waals surface area contributed by atoms with E-state index in [0.717, 1.165) is 36.8 Å². The Kier molecular flexibility index (Phi) is 9.91. The molecule has 11 heteroatoms. The number of nitrogens with one attached hydrogen (secondary N) is 1. The third kappa shape index (κ3) is 6.86. The molecule has 1 fully saturated rings. The maximum atomic E-state index is 14.5. The number of piperidine rings is 1. The minimum absolute atomic E-state index is 0.0513. The number of benzene rings is 2. The first-order valence-electron chi connectivity index (χ1n) is 12.3. The van der Waals surface area contributed by atoms with Gasteiger partial charge in [-0.3, -0.25) is 4.31 Å². The molecule has 0 aromatic heterocycles. The van der Waals surface area contributed by atoms with Gasteiger partial charge < -0.3 is 20.4 Å². The number of unbranched alkanes of at least 4 members (excludes halogenated alkanes) is 1. The Balaban J connectivity index is 0.000000840. The number of likely N-dealkylation sites (tertiary alicyclic amines) is 1. The molecule has 2 heterocycles. The summed E-state index contributed by atoms with van der Waals surface area (Å²) in [5.41, 5.74) is 1.14. The van der Waals surface area contributed by atoms with Crippen LogP contribution in [0.25, 0.3) is 0 Å². The first-order chi connectivity index (χ1) is 17.3. The summed E-state index contributed by atoms with van der Waals surface area (Å²) in [6.07, 6.45) is 3.61. The van der Waals surface area contributed by atoms with Crippen LogP contribution in [0.2, 0.25) is 0 Å². The van der Waals surface area contributed by atoms with E-state index in [4.69, 9.17) is 15.0 Å². The van der Waals surface area contributed by atoms with Crippen LogP contribution < -0.4 is 13.9 Å². The van der Waals surface area contributed by atoms with Crippen molar-refractivity contribution in [1.82, 2.24) is 10.2 Å². The van der Waals surface area contributed by atoms with E-state index in [1.165, 1.54) is 35.8 Å². The summed E-state index contributed by atoms with van der Waals surface area (Å²) in [5, 5.41) is 17.5. The molecule has 0 aliphatic carbocycles. The van der Waals surface area contributed by atoms with Gasteiger partial charge in [0.1, 0.15) is 5.82 Å². The maximum Gasteiger partial charge on any atom is 0.503 e. The highest BCUT2D eigenvalue weighted by atomic mass is 32.2. The number of anilines is 3. The van der Waals surface area contributed by atoms with Crippen molar-refractivity contribution in [2.24, 2.45) is 0 Å². The van der Waals surface area contributed by atoms with Gasteiger partial charge in [-0.2, -0.15) is 8.42 Å². The van der Waals surface area contributed by atoms with Gasteiger partial charge in [0.05, 0.1) is 17.1 Å². The molecule has 0 bridgehead atoms. The molecular weight excluding hydrogens is 487 g/mol. The van der Waals surface area contributed by atoms with Crippen molar-refractivity contribution >= 4 is 33.4 Å². The second-order valence-electron chi connectivity index (χ2n) is 8.84. The average molecular weight is 523 g/mol. The van der Waals surface area contributed by atoms with E-state index in [9.17, 15) is 12.8 Å². The molecule has 2 aliphatic rings. The molecule has 4 rings (SSSR count). The number of rotatable bonds is 9. The van der Waals surface area contributed by atoms with Gasteiger partial charge >= 0.3 is 16.4 Å². The molecule has 36 heavy (non-hydrogen) atoms. The Hall–Kier alpha value is -2.89. The fourth-order valence-electron chi connectivity index (χ4n) is 4.57. The fraction of sp³-hybridized carbons (Fsp3) is 0.480. The molecule has 1 saturated heterocycles. The van der Waals surface area contributed by atoms with Crippen LogP contribution in [0.1, 0.15) is 39.0 Å². The molecule has 0 unspecified atom stereocenters. The monoisotopic (exact) mass is 522 g/mol. The highest BCUT2D eigenvalue weighted by Gasteiger charge is 2.41. The minimum atomic E-state index is -3.89. The van der Waals surface area contributed by atoms with E-state index < -0.39 is 22.2 Å². The number of nitrogens with zero attached hydrogens (tertiary/aromatic N) is 3. The molecular formula is C25H35FN4O5S. The lowest BCUT2D eigenvalue weighted by Crippen LogP contribution is -2.43. The van der Waals surface area contributed by atoms with Crippen molar-refractivity contribution in [3.05, 3.63) is 54.3 Å². The van der Waals surface area contributed by atoms with Gasteiger partial charge in [-0.1, -0.05) is 37.6 Å². The predicted octanol–water partition coefficient (Wildman–Crippen LogP) is 4.50. The van der Waals surface area contributed by atoms with E-state index in [-0.39, 0.29) is 5.69 Å². The summed E-state index contributed by atoms with van der Waals surface area (Å²) < 4.78 is 43.8. The summed E-state index contributed by atoms with van der Waals surface area (Å²) in [6.45, 7) is 6.78. The summed E-state index contributed by atoms with van der Waals surface area (Å²) in [4.78, 5) is 11.1. The molecule has 198 valence electrons. The van der Waals surface area contributed by atoms with Crippen molar-refractivity contribution in [2.45, 2.75) is 45.1 Å². The van der Waals surface area contributed by atoms with Crippen molar-refractivity contribution in [2.75, 3.05) is 41.3 Å². The zero-order chi connectivity index (χ0) is 26.1. The highest BCUT2D eigenvalue weighted by molar-refractivity contribution is 7.95. The van der Waals surface area contributed by atoms with Crippen LogP contribution in [-0.2, 0) is 10.2 Å². The number of para-hydroxylation sites is 3. The first kappa shape index (κ1) is 27.7. The van der Waals surface area contributed by atoms with Crippen LogP contribution in [0.5, 0.6) is 0 Å². The summed E-state index contributed by atoms with van der Waals surface area (Å²) >= 11 is 0. The Morgan fingerprint density at radius 3 is 2.17 bits per heavy atom. The van der Waals surface area contributed by atoms with E-state index in [1.54, 1.807) is 30.3 Å². The van der Waals surface area contributed by atoms with Crippen LogP contribution in [0.15, 0.2) is 48.5 Å².